The zero-order valence-electron chi connectivity index (χ0n) is 12.8. The standard InChI is InChI=1S/C18H25N3/c1-21-18(12-13-20-21)9-5-8-16(14-19-17-10-11-17)15-6-3-2-4-7-15/h2-4,6-7,12-13,16-17,19H,5,8-11,14H2,1H3. The lowest BCUT2D eigenvalue weighted by Crippen LogP contribution is -2.23. The van der Waals surface area contributed by atoms with Crippen molar-refractivity contribution in [2.24, 2.45) is 7.05 Å². The molecule has 0 amide bonds. The number of benzene rings is 1. The maximum Gasteiger partial charge on any atom is 0.0492 e. The van der Waals surface area contributed by atoms with Gasteiger partial charge in [0.25, 0.3) is 0 Å². The van der Waals surface area contributed by atoms with Gasteiger partial charge in [-0.25, -0.2) is 0 Å². The Bertz CT molecular complexity index is 543. The summed E-state index contributed by atoms with van der Waals surface area (Å²) in [7, 11) is 2.03. The normalized spacial score (nSPS) is 16.0. The fraction of sp³-hybridized carbons (Fsp3) is 0.500. The molecule has 0 spiro atoms. The van der Waals surface area contributed by atoms with Crippen LogP contribution in [-0.2, 0) is 13.5 Å². The highest BCUT2D eigenvalue weighted by Gasteiger charge is 2.22. The van der Waals surface area contributed by atoms with Crippen molar-refractivity contribution in [2.75, 3.05) is 6.54 Å². The van der Waals surface area contributed by atoms with E-state index in [9.17, 15) is 0 Å². The second-order valence-electron chi connectivity index (χ2n) is 6.13. The summed E-state index contributed by atoms with van der Waals surface area (Å²) in [5.74, 6) is 0.625. The van der Waals surface area contributed by atoms with Gasteiger partial charge in [-0.3, -0.25) is 4.68 Å². The third-order valence-corrected chi connectivity index (χ3v) is 4.41. The average Bonchev–Trinajstić information content (AvgIpc) is 3.26. The number of rotatable bonds is 8. The van der Waals surface area contributed by atoms with Crippen LogP contribution in [0.15, 0.2) is 42.6 Å². The van der Waals surface area contributed by atoms with Crippen molar-refractivity contribution in [3.8, 4) is 0 Å². The Balaban J connectivity index is 1.55. The van der Waals surface area contributed by atoms with E-state index >= 15 is 0 Å². The van der Waals surface area contributed by atoms with Crippen molar-refractivity contribution >= 4 is 0 Å². The van der Waals surface area contributed by atoms with Gasteiger partial charge in [0.15, 0.2) is 0 Å². The Labute approximate surface area is 127 Å². The van der Waals surface area contributed by atoms with E-state index < -0.39 is 0 Å². The van der Waals surface area contributed by atoms with E-state index in [1.165, 1.54) is 36.9 Å². The molecule has 1 aliphatic rings. The Morgan fingerprint density at radius 1 is 1.24 bits per heavy atom. The Morgan fingerprint density at radius 2 is 2.05 bits per heavy atom. The van der Waals surface area contributed by atoms with E-state index in [2.05, 4.69) is 46.8 Å². The molecule has 2 aromatic rings. The summed E-state index contributed by atoms with van der Waals surface area (Å²) >= 11 is 0. The number of nitrogens with one attached hydrogen (secondary N) is 1. The molecule has 0 radical (unpaired) electrons. The fourth-order valence-electron chi connectivity index (χ4n) is 2.88. The van der Waals surface area contributed by atoms with Gasteiger partial charge in [0.2, 0.25) is 0 Å². The molecule has 1 fully saturated rings. The molecule has 1 aliphatic carbocycles. The summed E-state index contributed by atoms with van der Waals surface area (Å²) in [6.07, 6.45) is 8.16. The van der Waals surface area contributed by atoms with Crippen molar-refractivity contribution in [2.45, 2.75) is 44.1 Å². The van der Waals surface area contributed by atoms with Crippen LogP contribution in [0.3, 0.4) is 0 Å². The average molecular weight is 283 g/mol. The largest absolute Gasteiger partial charge is 0.313 e. The van der Waals surface area contributed by atoms with Crippen LogP contribution in [0.5, 0.6) is 0 Å². The predicted octanol–water partition coefficient (Wildman–Crippen LogP) is 3.28. The number of hydrogen-bond acceptors (Lipinski definition) is 2. The summed E-state index contributed by atoms with van der Waals surface area (Å²) in [5.41, 5.74) is 2.80. The molecule has 1 aromatic carbocycles. The van der Waals surface area contributed by atoms with Gasteiger partial charge in [0.1, 0.15) is 0 Å². The lowest BCUT2D eigenvalue weighted by Gasteiger charge is -2.18. The summed E-state index contributed by atoms with van der Waals surface area (Å²) in [5, 5.41) is 7.94. The Morgan fingerprint density at radius 3 is 2.71 bits per heavy atom. The topological polar surface area (TPSA) is 29.9 Å². The van der Waals surface area contributed by atoms with Crippen LogP contribution < -0.4 is 5.32 Å². The number of hydrogen-bond donors (Lipinski definition) is 1. The first-order valence-corrected chi connectivity index (χ1v) is 8.08. The maximum atomic E-state index is 4.24. The summed E-state index contributed by atoms with van der Waals surface area (Å²) in [4.78, 5) is 0. The molecule has 1 unspecified atom stereocenters. The summed E-state index contributed by atoms with van der Waals surface area (Å²) < 4.78 is 1.99. The van der Waals surface area contributed by atoms with Crippen molar-refractivity contribution < 1.29 is 0 Å². The SMILES string of the molecule is Cn1nccc1CCCC(CNC1CC1)c1ccccc1. The summed E-state index contributed by atoms with van der Waals surface area (Å²) in [6, 6.07) is 13.9. The lowest BCUT2D eigenvalue weighted by atomic mass is 9.93. The molecule has 0 saturated heterocycles. The third kappa shape index (κ3) is 4.18. The summed E-state index contributed by atoms with van der Waals surface area (Å²) in [6.45, 7) is 1.11. The van der Waals surface area contributed by atoms with Gasteiger partial charge in [-0.2, -0.15) is 5.10 Å². The van der Waals surface area contributed by atoms with Gasteiger partial charge in [-0.05, 0) is 49.7 Å². The van der Waals surface area contributed by atoms with Crippen LogP contribution in [0.25, 0.3) is 0 Å². The highest BCUT2D eigenvalue weighted by atomic mass is 15.2. The molecule has 1 N–H and O–H groups in total. The molecule has 3 heteroatoms. The third-order valence-electron chi connectivity index (χ3n) is 4.41. The predicted molar refractivity (Wildman–Crippen MR) is 86.4 cm³/mol. The van der Waals surface area contributed by atoms with E-state index in [0.717, 1.165) is 19.0 Å². The van der Waals surface area contributed by atoms with E-state index in [-0.39, 0.29) is 0 Å². The monoisotopic (exact) mass is 283 g/mol. The lowest BCUT2D eigenvalue weighted by molar-refractivity contribution is 0.525. The molecular weight excluding hydrogens is 258 g/mol. The second kappa shape index (κ2) is 6.90. The molecule has 112 valence electrons. The highest BCUT2D eigenvalue weighted by molar-refractivity contribution is 5.20. The second-order valence-corrected chi connectivity index (χ2v) is 6.13. The molecule has 0 bridgehead atoms. The minimum Gasteiger partial charge on any atom is -0.313 e. The molecule has 3 rings (SSSR count). The Hall–Kier alpha value is -1.61. The van der Waals surface area contributed by atoms with Crippen LogP contribution in [-0.4, -0.2) is 22.4 Å². The van der Waals surface area contributed by atoms with Crippen molar-refractivity contribution in [3.05, 3.63) is 53.9 Å². The van der Waals surface area contributed by atoms with Crippen LogP contribution in [0.4, 0.5) is 0 Å². The minimum absolute atomic E-state index is 0.625. The van der Waals surface area contributed by atoms with Crippen LogP contribution >= 0.6 is 0 Å². The molecule has 1 saturated carbocycles. The maximum absolute atomic E-state index is 4.24. The fourth-order valence-corrected chi connectivity index (χ4v) is 2.88. The van der Waals surface area contributed by atoms with E-state index in [4.69, 9.17) is 0 Å². The first kappa shape index (κ1) is 14.3. The molecule has 21 heavy (non-hydrogen) atoms. The van der Waals surface area contributed by atoms with E-state index in [1.54, 1.807) is 0 Å². The van der Waals surface area contributed by atoms with Gasteiger partial charge in [-0.15, -0.1) is 0 Å². The van der Waals surface area contributed by atoms with Gasteiger partial charge in [0, 0.05) is 31.5 Å². The van der Waals surface area contributed by atoms with Crippen molar-refractivity contribution in [3.63, 3.8) is 0 Å². The van der Waals surface area contributed by atoms with Gasteiger partial charge >= 0.3 is 0 Å². The van der Waals surface area contributed by atoms with E-state index in [1.807, 2.05) is 17.9 Å². The molecule has 1 atom stereocenters. The molecule has 1 heterocycles. The van der Waals surface area contributed by atoms with Crippen LogP contribution in [0.1, 0.15) is 42.9 Å². The zero-order valence-corrected chi connectivity index (χ0v) is 12.8. The first-order valence-electron chi connectivity index (χ1n) is 8.08. The van der Waals surface area contributed by atoms with Crippen molar-refractivity contribution in [1.82, 2.24) is 15.1 Å². The van der Waals surface area contributed by atoms with Gasteiger partial charge in [0.05, 0.1) is 0 Å². The van der Waals surface area contributed by atoms with Gasteiger partial charge in [-0.1, -0.05) is 30.3 Å². The number of nitrogens with zero attached hydrogens (tertiary/aromatic N) is 2. The molecule has 1 aromatic heterocycles. The zero-order chi connectivity index (χ0) is 14.5. The molecular formula is C18H25N3. The van der Waals surface area contributed by atoms with Gasteiger partial charge < -0.3 is 5.32 Å². The minimum atomic E-state index is 0.625. The number of aromatic nitrogens is 2. The first-order chi connectivity index (χ1) is 10.3. The molecule has 3 nitrogen and oxygen atoms in total. The van der Waals surface area contributed by atoms with E-state index in [0.29, 0.717) is 5.92 Å². The Kier molecular flexibility index (Phi) is 4.71. The molecule has 0 aliphatic heterocycles. The van der Waals surface area contributed by atoms with Crippen LogP contribution in [0, 0.1) is 0 Å². The van der Waals surface area contributed by atoms with Crippen LogP contribution in [0.2, 0.25) is 0 Å². The van der Waals surface area contributed by atoms with Crippen molar-refractivity contribution in [1.29, 1.82) is 0 Å². The smallest absolute Gasteiger partial charge is 0.0492 e. The number of aryl methyl sites for hydroxylation is 2. The quantitative estimate of drug-likeness (QED) is 0.806. The highest BCUT2D eigenvalue weighted by Crippen LogP contribution is 2.24.